The van der Waals surface area contributed by atoms with Crippen molar-refractivity contribution in [3.63, 3.8) is 0 Å². The number of benzene rings is 7. The van der Waals surface area contributed by atoms with Crippen LogP contribution in [0.2, 0.25) is 0 Å². The Morgan fingerprint density at radius 2 is 0.924 bits per heavy atom. The first-order chi connectivity index (χ1) is 31.1. The fraction of sp³-hybridized carbons (Fsp3) is 0.333. The highest BCUT2D eigenvalue weighted by Gasteiger charge is 2.50. The minimum atomic E-state index is -0.00905. The highest BCUT2D eigenvalue weighted by Crippen LogP contribution is 2.55. The molecule has 7 aromatic carbocycles. The zero-order valence-corrected chi connectivity index (χ0v) is 41.8. The standard InChI is InChI=1S/C63H67BN2/c1-39-30-56-58-57(31-39)66(53-27-25-44(59(3,4)5)33-45(53)42-22-18-15-19-23-42)55-36-48-46(60(6,7)28-29-61(48,8)9)34-50(55)64(58)51-35-47-49(63(12,13)38-62(47,10)11)37-54(51)65(56)52-26-24-43(32-40(52)2)41-20-16-14-17-21-41/h14-27,30-37H,28-29,38H2,1-13H3. The van der Waals surface area contributed by atoms with Gasteiger partial charge in [-0.2, -0.15) is 0 Å². The molecule has 2 aliphatic carbocycles. The van der Waals surface area contributed by atoms with Crippen molar-refractivity contribution in [1.82, 2.24) is 0 Å². The molecule has 0 atom stereocenters. The monoisotopic (exact) mass is 863 g/mol. The molecule has 2 aliphatic heterocycles. The van der Waals surface area contributed by atoms with Crippen molar-refractivity contribution in [3.05, 3.63) is 172 Å². The van der Waals surface area contributed by atoms with E-state index >= 15 is 0 Å². The fourth-order valence-electron chi connectivity index (χ4n) is 12.9. The van der Waals surface area contributed by atoms with E-state index in [1.54, 1.807) is 0 Å². The van der Waals surface area contributed by atoms with E-state index in [0.29, 0.717) is 0 Å². The first-order valence-electron chi connectivity index (χ1n) is 24.6. The lowest BCUT2D eigenvalue weighted by molar-refractivity contribution is 0.332. The number of anilines is 6. The number of rotatable bonds is 4. The normalized spacial score (nSPS) is 18.0. The Labute approximate surface area is 396 Å². The number of hydrogen-bond donors (Lipinski definition) is 0. The Kier molecular flexibility index (Phi) is 9.31. The highest BCUT2D eigenvalue weighted by molar-refractivity contribution is 7.00. The molecule has 0 saturated heterocycles. The summed E-state index contributed by atoms with van der Waals surface area (Å²) in [5.41, 5.74) is 27.0. The third-order valence-electron chi connectivity index (χ3n) is 16.4. The first-order valence-corrected chi connectivity index (χ1v) is 24.6. The molecule has 0 unspecified atom stereocenters. The minimum absolute atomic E-state index is 0.00905. The summed E-state index contributed by atoms with van der Waals surface area (Å²) in [7, 11) is 0. The summed E-state index contributed by atoms with van der Waals surface area (Å²) in [5, 5.41) is 0. The molecule has 0 spiro atoms. The van der Waals surface area contributed by atoms with Gasteiger partial charge in [-0.05, 0) is 181 Å². The summed E-state index contributed by atoms with van der Waals surface area (Å²) in [4.78, 5) is 5.36. The average molecular weight is 863 g/mol. The molecular formula is C63H67BN2. The lowest BCUT2D eigenvalue weighted by Gasteiger charge is -2.48. The maximum Gasteiger partial charge on any atom is 0.252 e. The molecule has 4 aliphatic rings. The van der Waals surface area contributed by atoms with E-state index in [0.717, 1.165) is 6.42 Å². The fourth-order valence-corrected chi connectivity index (χ4v) is 12.9. The predicted molar refractivity (Wildman–Crippen MR) is 285 cm³/mol. The largest absolute Gasteiger partial charge is 0.311 e. The molecule has 66 heavy (non-hydrogen) atoms. The third-order valence-corrected chi connectivity index (χ3v) is 16.4. The van der Waals surface area contributed by atoms with Crippen LogP contribution in [-0.4, -0.2) is 6.71 Å². The van der Waals surface area contributed by atoms with E-state index in [1.165, 1.54) is 125 Å². The van der Waals surface area contributed by atoms with E-state index in [2.05, 4.69) is 233 Å². The van der Waals surface area contributed by atoms with Crippen LogP contribution in [0.1, 0.15) is 134 Å². The van der Waals surface area contributed by atoms with Crippen LogP contribution in [-0.2, 0) is 27.1 Å². The van der Waals surface area contributed by atoms with Gasteiger partial charge in [0.15, 0.2) is 0 Å². The minimum Gasteiger partial charge on any atom is -0.311 e. The van der Waals surface area contributed by atoms with Crippen molar-refractivity contribution in [1.29, 1.82) is 0 Å². The molecule has 0 radical (unpaired) electrons. The topological polar surface area (TPSA) is 6.48 Å². The summed E-state index contributed by atoms with van der Waals surface area (Å²) in [6.45, 7) is 31.5. The first kappa shape index (κ1) is 42.8. The lowest BCUT2D eigenvalue weighted by atomic mass is 9.32. The molecular weight excluding hydrogens is 796 g/mol. The maximum atomic E-state index is 2.70. The smallest absolute Gasteiger partial charge is 0.252 e. The molecule has 2 nitrogen and oxygen atoms in total. The molecule has 0 aromatic heterocycles. The second-order valence-electron chi connectivity index (χ2n) is 24.2. The van der Waals surface area contributed by atoms with Gasteiger partial charge in [-0.3, -0.25) is 0 Å². The second kappa shape index (κ2) is 14.4. The SMILES string of the molecule is Cc1cc2c3c(c1)N(c1ccc(C(C)(C)C)cc1-c1ccccc1)c1cc4c(cc1B3c1cc3c(cc1N2c1ccc(-c2ccccc2)cc1C)C(C)(C)CC3(C)C)C(C)(C)CCC4(C)C. The van der Waals surface area contributed by atoms with Gasteiger partial charge in [0.25, 0.3) is 6.71 Å². The van der Waals surface area contributed by atoms with Crippen LogP contribution in [0.3, 0.4) is 0 Å². The van der Waals surface area contributed by atoms with Crippen molar-refractivity contribution < 1.29 is 0 Å². The summed E-state index contributed by atoms with van der Waals surface area (Å²) in [6.07, 6.45) is 3.47. The van der Waals surface area contributed by atoms with Crippen LogP contribution in [0.5, 0.6) is 0 Å². The van der Waals surface area contributed by atoms with Gasteiger partial charge in [0.1, 0.15) is 0 Å². The predicted octanol–water partition coefficient (Wildman–Crippen LogP) is 15.3. The van der Waals surface area contributed by atoms with Crippen molar-refractivity contribution in [3.8, 4) is 22.3 Å². The second-order valence-corrected chi connectivity index (χ2v) is 24.2. The van der Waals surface area contributed by atoms with Crippen molar-refractivity contribution in [2.75, 3.05) is 9.80 Å². The van der Waals surface area contributed by atoms with Crippen LogP contribution in [0.15, 0.2) is 133 Å². The van der Waals surface area contributed by atoms with Gasteiger partial charge >= 0.3 is 0 Å². The van der Waals surface area contributed by atoms with E-state index in [4.69, 9.17) is 0 Å². The molecule has 3 heteroatoms. The summed E-state index contributed by atoms with van der Waals surface area (Å²) in [5.74, 6) is 0. The number of aryl methyl sites for hydroxylation is 2. The zero-order valence-electron chi connectivity index (χ0n) is 41.8. The van der Waals surface area contributed by atoms with Gasteiger partial charge in [-0.1, -0.05) is 161 Å². The number of hydrogen-bond acceptors (Lipinski definition) is 2. The Morgan fingerprint density at radius 3 is 1.47 bits per heavy atom. The summed E-state index contributed by atoms with van der Waals surface area (Å²) < 4.78 is 0. The van der Waals surface area contributed by atoms with Crippen LogP contribution >= 0.6 is 0 Å². The van der Waals surface area contributed by atoms with Gasteiger partial charge in [0.05, 0.1) is 5.69 Å². The molecule has 0 N–H and O–H groups in total. The summed E-state index contributed by atoms with van der Waals surface area (Å²) >= 11 is 0. The van der Waals surface area contributed by atoms with Gasteiger partial charge in [-0.15, -0.1) is 0 Å². The maximum absolute atomic E-state index is 2.70. The van der Waals surface area contributed by atoms with Crippen molar-refractivity contribution in [2.24, 2.45) is 0 Å². The molecule has 0 amide bonds. The molecule has 0 fully saturated rings. The van der Waals surface area contributed by atoms with Gasteiger partial charge in [0.2, 0.25) is 0 Å². The van der Waals surface area contributed by atoms with Gasteiger partial charge in [-0.25, -0.2) is 0 Å². The Morgan fingerprint density at radius 1 is 0.439 bits per heavy atom. The van der Waals surface area contributed by atoms with Crippen molar-refractivity contribution in [2.45, 2.75) is 136 Å². The van der Waals surface area contributed by atoms with Crippen LogP contribution in [0, 0.1) is 13.8 Å². The van der Waals surface area contributed by atoms with Gasteiger partial charge in [0, 0.05) is 34.0 Å². The molecule has 7 aromatic rings. The van der Waals surface area contributed by atoms with Crippen LogP contribution in [0.25, 0.3) is 22.3 Å². The molecule has 0 bridgehead atoms. The molecule has 2 heterocycles. The Balaban J connectivity index is 1.27. The lowest BCUT2D eigenvalue weighted by Crippen LogP contribution is -2.62. The highest BCUT2D eigenvalue weighted by atomic mass is 15.2. The number of nitrogens with zero attached hydrogens (tertiary/aromatic N) is 2. The number of fused-ring (bicyclic) bond motifs is 6. The quantitative estimate of drug-likeness (QED) is 0.163. The Hall–Kier alpha value is -5.80. The molecule has 332 valence electrons. The third kappa shape index (κ3) is 6.50. The van der Waals surface area contributed by atoms with E-state index in [-0.39, 0.29) is 33.8 Å². The average Bonchev–Trinajstić information content (AvgIpc) is 3.45. The van der Waals surface area contributed by atoms with Crippen molar-refractivity contribution >= 4 is 57.2 Å². The van der Waals surface area contributed by atoms with Crippen LogP contribution in [0.4, 0.5) is 34.1 Å². The molecule has 11 rings (SSSR count). The van der Waals surface area contributed by atoms with E-state index < -0.39 is 0 Å². The van der Waals surface area contributed by atoms with Crippen LogP contribution < -0.4 is 26.2 Å². The molecule has 0 saturated carbocycles. The Bertz CT molecular complexity index is 3120. The van der Waals surface area contributed by atoms with Gasteiger partial charge < -0.3 is 9.80 Å². The van der Waals surface area contributed by atoms with E-state index in [9.17, 15) is 0 Å². The zero-order chi connectivity index (χ0) is 46.5. The van der Waals surface area contributed by atoms with E-state index in [1.807, 2.05) is 0 Å². The summed E-state index contributed by atoms with van der Waals surface area (Å²) in [6, 6.07) is 52.1.